The van der Waals surface area contributed by atoms with Crippen LogP contribution in [0.1, 0.15) is 24.8 Å². The standard InChI is InChI=1S/C10H14N2O2S/c13-12(14)10-4-9(7-15-10)6-11-5-8-2-1-3-8/h4,7-8,11H,1-3,5-6H2. The van der Waals surface area contributed by atoms with Gasteiger partial charge in [0, 0.05) is 18.0 Å². The molecule has 0 aromatic carbocycles. The molecule has 1 fully saturated rings. The maximum absolute atomic E-state index is 10.4. The van der Waals surface area contributed by atoms with E-state index in [1.165, 1.54) is 30.6 Å². The fraction of sp³-hybridized carbons (Fsp3) is 0.600. The highest BCUT2D eigenvalue weighted by molar-refractivity contribution is 7.13. The van der Waals surface area contributed by atoms with Crippen LogP contribution in [-0.4, -0.2) is 11.5 Å². The van der Waals surface area contributed by atoms with Gasteiger partial charge in [-0.2, -0.15) is 0 Å². The van der Waals surface area contributed by atoms with E-state index in [2.05, 4.69) is 5.32 Å². The van der Waals surface area contributed by atoms with E-state index in [4.69, 9.17) is 0 Å². The Kier molecular flexibility index (Phi) is 3.33. The summed E-state index contributed by atoms with van der Waals surface area (Å²) in [4.78, 5) is 10.1. The highest BCUT2D eigenvalue weighted by Gasteiger charge is 2.16. The zero-order chi connectivity index (χ0) is 10.7. The fourth-order valence-corrected chi connectivity index (χ4v) is 2.40. The molecule has 1 saturated carbocycles. The van der Waals surface area contributed by atoms with Crippen molar-refractivity contribution in [3.63, 3.8) is 0 Å². The molecule has 1 N–H and O–H groups in total. The van der Waals surface area contributed by atoms with Crippen LogP contribution in [0.5, 0.6) is 0 Å². The minimum Gasteiger partial charge on any atom is -0.312 e. The maximum Gasteiger partial charge on any atom is 0.324 e. The molecule has 0 amide bonds. The summed E-state index contributed by atoms with van der Waals surface area (Å²) in [6, 6.07) is 1.65. The lowest BCUT2D eigenvalue weighted by atomic mass is 9.85. The van der Waals surface area contributed by atoms with Crippen LogP contribution in [-0.2, 0) is 6.54 Å². The van der Waals surface area contributed by atoms with Gasteiger partial charge in [0.25, 0.3) is 0 Å². The molecule has 2 rings (SSSR count). The summed E-state index contributed by atoms with van der Waals surface area (Å²) in [7, 11) is 0. The number of hydrogen-bond acceptors (Lipinski definition) is 4. The Balaban J connectivity index is 1.75. The van der Waals surface area contributed by atoms with Crippen LogP contribution in [0.2, 0.25) is 0 Å². The number of nitrogens with zero attached hydrogens (tertiary/aromatic N) is 1. The van der Waals surface area contributed by atoms with Crippen molar-refractivity contribution < 1.29 is 4.92 Å². The number of rotatable bonds is 5. The average molecular weight is 226 g/mol. The van der Waals surface area contributed by atoms with Crippen molar-refractivity contribution in [1.29, 1.82) is 0 Å². The van der Waals surface area contributed by atoms with Gasteiger partial charge in [-0.15, -0.1) is 0 Å². The Morgan fingerprint density at radius 1 is 1.60 bits per heavy atom. The van der Waals surface area contributed by atoms with Gasteiger partial charge < -0.3 is 5.32 Å². The van der Waals surface area contributed by atoms with Gasteiger partial charge in [0.2, 0.25) is 0 Å². The second-order valence-electron chi connectivity index (χ2n) is 3.98. The number of hydrogen-bond donors (Lipinski definition) is 1. The van der Waals surface area contributed by atoms with Crippen molar-refractivity contribution >= 4 is 16.3 Å². The Bertz CT molecular complexity index is 347. The van der Waals surface area contributed by atoms with Crippen molar-refractivity contribution in [3.05, 3.63) is 27.1 Å². The van der Waals surface area contributed by atoms with Gasteiger partial charge in [-0.25, -0.2) is 0 Å². The molecule has 4 nitrogen and oxygen atoms in total. The van der Waals surface area contributed by atoms with E-state index in [1.807, 2.05) is 5.38 Å². The van der Waals surface area contributed by atoms with Gasteiger partial charge in [0.15, 0.2) is 0 Å². The highest BCUT2D eigenvalue weighted by atomic mass is 32.1. The smallest absolute Gasteiger partial charge is 0.312 e. The lowest BCUT2D eigenvalue weighted by Gasteiger charge is -2.25. The molecule has 1 aromatic rings. The molecule has 0 aliphatic heterocycles. The van der Waals surface area contributed by atoms with Crippen LogP contribution in [0, 0.1) is 16.0 Å². The molecule has 0 atom stereocenters. The van der Waals surface area contributed by atoms with E-state index < -0.39 is 0 Å². The topological polar surface area (TPSA) is 55.2 Å². The molecule has 0 bridgehead atoms. The fourth-order valence-electron chi connectivity index (χ4n) is 1.67. The number of thiophene rings is 1. The third-order valence-corrected chi connectivity index (χ3v) is 3.74. The van der Waals surface area contributed by atoms with E-state index in [0.29, 0.717) is 0 Å². The van der Waals surface area contributed by atoms with Crippen LogP contribution < -0.4 is 5.32 Å². The van der Waals surface area contributed by atoms with Gasteiger partial charge in [0.1, 0.15) is 0 Å². The molecule has 1 aromatic heterocycles. The Morgan fingerprint density at radius 2 is 2.40 bits per heavy atom. The average Bonchev–Trinajstić information content (AvgIpc) is 2.57. The number of nitro groups is 1. The van der Waals surface area contributed by atoms with E-state index in [1.54, 1.807) is 6.07 Å². The summed E-state index contributed by atoms with van der Waals surface area (Å²) >= 11 is 1.20. The predicted molar refractivity (Wildman–Crippen MR) is 60.0 cm³/mol. The molecule has 5 heteroatoms. The molecule has 1 heterocycles. The summed E-state index contributed by atoms with van der Waals surface area (Å²) in [6.07, 6.45) is 4.02. The van der Waals surface area contributed by atoms with Gasteiger partial charge in [-0.05, 0) is 30.9 Å². The van der Waals surface area contributed by atoms with Crippen molar-refractivity contribution in [2.75, 3.05) is 6.54 Å². The van der Waals surface area contributed by atoms with E-state index >= 15 is 0 Å². The molecular weight excluding hydrogens is 212 g/mol. The first-order valence-electron chi connectivity index (χ1n) is 5.18. The summed E-state index contributed by atoms with van der Waals surface area (Å²) in [6.45, 7) is 1.80. The van der Waals surface area contributed by atoms with Gasteiger partial charge in [0.05, 0.1) is 4.92 Å². The van der Waals surface area contributed by atoms with Crippen LogP contribution in [0.3, 0.4) is 0 Å². The molecule has 1 aliphatic carbocycles. The Labute approximate surface area is 92.5 Å². The summed E-state index contributed by atoms with van der Waals surface area (Å²) in [5.74, 6) is 0.832. The first-order chi connectivity index (χ1) is 7.25. The molecule has 15 heavy (non-hydrogen) atoms. The largest absolute Gasteiger partial charge is 0.324 e. The SMILES string of the molecule is O=[N+]([O-])c1cc(CNCC2CCC2)cs1. The third-order valence-electron chi connectivity index (χ3n) is 2.81. The Hall–Kier alpha value is -0.940. The molecule has 0 unspecified atom stereocenters. The first-order valence-corrected chi connectivity index (χ1v) is 6.06. The van der Waals surface area contributed by atoms with Crippen molar-refractivity contribution in [1.82, 2.24) is 5.32 Å². The summed E-state index contributed by atoms with van der Waals surface area (Å²) < 4.78 is 0. The quantitative estimate of drug-likeness (QED) is 0.620. The highest BCUT2D eigenvalue weighted by Crippen LogP contribution is 2.26. The van der Waals surface area contributed by atoms with Crippen molar-refractivity contribution in [3.8, 4) is 0 Å². The summed E-state index contributed by atoms with van der Waals surface area (Å²) in [5, 5.41) is 15.9. The zero-order valence-corrected chi connectivity index (χ0v) is 9.26. The monoisotopic (exact) mass is 226 g/mol. The molecular formula is C10H14N2O2S. The minimum atomic E-state index is -0.333. The van der Waals surface area contributed by atoms with Gasteiger partial charge in [-0.1, -0.05) is 17.8 Å². The molecule has 82 valence electrons. The lowest BCUT2D eigenvalue weighted by Crippen LogP contribution is -2.26. The second kappa shape index (κ2) is 4.72. The zero-order valence-electron chi connectivity index (χ0n) is 8.44. The predicted octanol–water partition coefficient (Wildman–Crippen LogP) is 2.55. The van der Waals surface area contributed by atoms with Crippen molar-refractivity contribution in [2.45, 2.75) is 25.8 Å². The summed E-state index contributed by atoms with van der Waals surface area (Å²) in [5.41, 5.74) is 1.02. The van der Waals surface area contributed by atoms with E-state index in [-0.39, 0.29) is 9.92 Å². The van der Waals surface area contributed by atoms with Crippen LogP contribution in [0.25, 0.3) is 0 Å². The Morgan fingerprint density at radius 3 is 2.93 bits per heavy atom. The third kappa shape index (κ3) is 2.76. The van der Waals surface area contributed by atoms with E-state index in [0.717, 1.165) is 24.6 Å². The molecule has 0 radical (unpaired) electrons. The first kappa shape index (κ1) is 10.6. The molecule has 1 aliphatic rings. The number of nitrogens with one attached hydrogen (secondary N) is 1. The van der Waals surface area contributed by atoms with Crippen LogP contribution in [0.15, 0.2) is 11.4 Å². The van der Waals surface area contributed by atoms with Crippen molar-refractivity contribution in [2.24, 2.45) is 5.92 Å². The second-order valence-corrected chi connectivity index (χ2v) is 4.87. The normalized spacial score (nSPS) is 16.3. The maximum atomic E-state index is 10.4. The van der Waals surface area contributed by atoms with Crippen LogP contribution in [0.4, 0.5) is 5.00 Å². The van der Waals surface area contributed by atoms with Gasteiger partial charge >= 0.3 is 5.00 Å². The lowest BCUT2D eigenvalue weighted by molar-refractivity contribution is -0.380. The van der Waals surface area contributed by atoms with Crippen LogP contribution >= 0.6 is 11.3 Å². The molecule has 0 saturated heterocycles. The minimum absolute atomic E-state index is 0.232. The van der Waals surface area contributed by atoms with E-state index in [9.17, 15) is 10.1 Å². The van der Waals surface area contributed by atoms with Gasteiger partial charge in [-0.3, -0.25) is 10.1 Å². The molecule has 0 spiro atoms.